The van der Waals surface area contributed by atoms with Crippen LogP contribution in [0.3, 0.4) is 0 Å². The lowest BCUT2D eigenvalue weighted by atomic mass is 9.81. The van der Waals surface area contributed by atoms with E-state index < -0.39 is 46.9 Å². The van der Waals surface area contributed by atoms with E-state index in [2.05, 4.69) is 10.6 Å². The second-order valence-electron chi connectivity index (χ2n) is 9.88. The third-order valence-corrected chi connectivity index (χ3v) is 5.39. The average molecular weight is 483 g/mol. The van der Waals surface area contributed by atoms with Gasteiger partial charge in [0.1, 0.15) is 12.1 Å². The van der Waals surface area contributed by atoms with Crippen LogP contribution in [0.15, 0.2) is 24.3 Å². The first-order valence-corrected chi connectivity index (χ1v) is 11.2. The number of rotatable bonds is 10. The predicted molar refractivity (Wildman–Crippen MR) is 126 cm³/mol. The number of amides is 2. The first-order chi connectivity index (χ1) is 15.1. The second kappa shape index (κ2) is 11.5. The van der Waals surface area contributed by atoms with Crippen LogP contribution in [0.4, 0.5) is 0 Å². The van der Waals surface area contributed by atoms with Crippen LogP contribution in [-0.2, 0) is 29.3 Å². The van der Waals surface area contributed by atoms with Crippen LogP contribution in [-0.4, -0.2) is 47.0 Å². The highest BCUT2D eigenvalue weighted by atomic mass is 35.5. The van der Waals surface area contributed by atoms with Crippen molar-refractivity contribution in [3.8, 4) is 0 Å². The molecule has 8 nitrogen and oxygen atoms in total. The zero-order valence-electron chi connectivity index (χ0n) is 20.3. The maximum absolute atomic E-state index is 13.2. The largest absolute Gasteiger partial charge is 0.481 e. The number of carbonyl (C=O) groups is 4. The number of ether oxygens (including phenoxy) is 1. The Labute approximate surface area is 200 Å². The number of aliphatic carboxylic acids is 1. The minimum absolute atomic E-state index is 0.131. The van der Waals surface area contributed by atoms with E-state index in [1.165, 1.54) is 0 Å². The van der Waals surface area contributed by atoms with E-state index >= 15 is 0 Å². The summed E-state index contributed by atoms with van der Waals surface area (Å²) in [7, 11) is 0. The second-order valence-corrected chi connectivity index (χ2v) is 10.3. The molecule has 1 aromatic rings. The summed E-state index contributed by atoms with van der Waals surface area (Å²) in [6.45, 7) is 12.1. The average Bonchev–Trinajstić information content (AvgIpc) is 2.67. The van der Waals surface area contributed by atoms with Gasteiger partial charge in [0.15, 0.2) is 0 Å². The molecule has 0 aliphatic carbocycles. The van der Waals surface area contributed by atoms with E-state index in [0.29, 0.717) is 5.02 Å². The molecule has 0 aliphatic heterocycles. The van der Waals surface area contributed by atoms with Gasteiger partial charge in [-0.05, 0) is 57.2 Å². The Morgan fingerprint density at radius 2 is 1.55 bits per heavy atom. The Morgan fingerprint density at radius 3 is 2.00 bits per heavy atom. The number of carboxylic acid groups (broad SMARTS) is 1. The first kappa shape index (κ1) is 28.4. The molecule has 3 N–H and O–H groups in total. The molecule has 1 aromatic carbocycles. The summed E-state index contributed by atoms with van der Waals surface area (Å²) >= 11 is 5.95. The fourth-order valence-corrected chi connectivity index (χ4v) is 3.20. The number of esters is 1. The van der Waals surface area contributed by atoms with Crippen LogP contribution >= 0.6 is 11.6 Å². The smallest absolute Gasteiger partial charge is 0.328 e. The molecule has 33 heavy (non-hydrogen) atoms. The van der Waals surface area contributed by atoms with Gasteiger partial charge in [-0.3, -0.25) is 14.4 Å². The highest BCUT2D eigenvalue weighted by molar-refractivity contribution is 6.30. The fraction of sp³-hybridized carbons (Fsp3) is 0.583. The summed E-state index contributed by atoms with van der Waals surface area (Å²) < 4.78 is 5.17. The number of nitrogens with one attached hydrogen (secondary N) is 2. The van der Waals surface area contributed by atoms with Crippen LogP contribution < -0.4 is 10.6 Å². The molecule has 2 atom stereocenters. The van der Waals surface area contributed by atoms with Crippen molar-refractivity contribution in [2.75, 3.05) is 0 Å². The molecule has 184 valence electrons. The Morgan fingerprint density at radius 1 is 1.00 bits per heavy atom. The lowest BCUT2D eigenvalue weighted by molar-refractivity contribution is -0.152. The van der Waals surface area contributed by atoms with E-state index in [1.807, 2.05) is 0 Å². The normalized spacial score (nSPS) is 13.7. The lowest BCUT2D eigenvalue weighted by Crippen LogP contribution is -2.59. The highest BCUT2D eigenvalue weighted by Gasteiger charge is 2.39. The molecule has 0 aliphatic rings. The van der Waals surface area contributed by atoms with E-state index in [1.54, 1.807) is 72.7 Å². The predicted octanol–water partition coefficient (Wildman–Crippen LogP) is 3.45. The van der Waals surface area contributed by atoms with Crippen molar-refractivity contribution in [3.63, 3.8) is 0 Å². The molecule has 0 bridgehead atoms. The van der Waals surface area contributed by atoms with Gasteiger partial charge in [0, 0.05) is 11.4 Å². The molecule has 1 rings (SSSR count). The Hall–Kier alpha value is -2.61. The third-order valence-electron chi connectivity index (χ3n) is 5.14. The molecular formula is C24H35ClN2O6. The minimum atomic E-state index is -1.15. The van der Waals surface area contributed by atoms with Crippen LogP contribution in [0.2, 0.25) is 5.02 Å². The summed E-state index contributed by atoms with van der Waals surface area (Å²) in [5.74, 6) is -2.80. The molecule has 0 unspecified atom stereocenters. The molecule has 0 radical (unpaired) electrons. The number of hydrogen-bond donors (Lipinski definition) is 3. The molecule has 0 saturated heterocycles. The summed E-state index contributed by atoms with van der Waals surface area (Å²) in [5.41, 5.74) is -0.944. The Balaban J connectivity index is 3.11. The van der Waals surface area contributed by atoms with Gasteiger partial charge >= 0.3 is 11.9 Å². The van der Waals surface area contributed by atoms with Gasteiger partial charge in [-0.15, -0.1) is 0 Å². The molecule has 0 spiro atoms. The topological polar surface area (TPSA) is 122 Å². The summed E-state index contributed by atoms with van der Waals surface area (Å²) in [6, 6.07) is 4.73. The molecule has 0 saturated carbocycles. The van der Waals surface area contributed by atoms with Gasteiger partial charge < -0.3 is 20.5 Å². The van der Waals surface area contributed by atoms with Gasteiger partial charge in [0.2, 0.25) is 11.8 Å². The third kappa shape index (κ3) is 8.68. The molecular weight excluding hydrogens is 448 g/mol. The number of carbonyl (C=O) groups excluding carboxylic acids is 3. The first-order valence-electron chi connectivity index (χ1n) is 10.9. The Kier molecular flexibility index (Phi) is 9.90. The van der Waals surface area contributed by atoms with Crippen molar-refractivity contribution < 1.29 is 29.0 Å². The fourth-order valence-electron chi connectivity index (χ4n) is 3.07. The van der Waals surface area contributed by atoms with Gasteiger partial charge in [-0.2, -0.15) is 0 Å². The van der Waals surface area contributed by atoms with Crippen LogP contribution in [0.1, 0.15) is 66.9 Å². The number of carboxylic acids is 1. The van der Waals surface area contributed by atoms with E-state index in [4.69, 9.17) is 21.4 Å². The molecule has 2 amide bonds. The molecule has 0 heterocycles. The maximum atomic E-state index is 13.2. The Bertz CT molecular complexity index is 859. The van der Waals surface area contributed by atoms with Crippen molar-refractivity contribution in [1.82, 2.24) is 10.6 Å². The zero-order chi connectivity index (χ0) is 25.6. The quantitative estimate of drug-likeness (QED) is 0.439. The number of halogens is 1. The van der Waals surface area contributed by atoms with Gasteiger partial charge in [-0.1, -0.05) is 44.5 Å². The van der Waals surface area contributed by atoms with E-state index in [9.17, 15) is 19.2 Å². The van der Waals surface area contributed by atoms with E-state index in [0.717, 1.165) is 5.56 Å². The lowest BCUT2D eigenvalue weighted by Gasteiger charge is -2.34. The monoisotopic (exact) mass is 482 g/mol. The van der Waals surface area contributed by atoms with Crippen molar-refractivity contribution in [2.45, 2.75) is 84.9 Å². The summed E-state index contributed by atoms with van der Waals surface area (Å²) in [5, 5.41) is 14.9. The number of hydrogen-bond acceptors (Lipinski definition) is 5. The van der Waals surface area contributed by atoms with Crippen LogP contribution in [0, 0.1) is 5.41 Å². The zero-order valence-corrected chi connectivity index (χ0v) is 21.1. The van der Waals surface area contributed by atoms with Crippen molar-refractivity contribution in [1.29, 1.82) is 0 Å². The van der Waals surface area contributed by atoms with Crippen LogP contribution in [0.25, 0.3) is 0 Å². The van der Waals surface area contributed by atoms with Gasteiger partial charge in [0.25, 0.3) is 0 Å². The minimum Gasteiger partial charge on any atom is -0.481 e. The maximum Gasteiger partial charge on any atom is 0.328 e. The molecule has 9 heteroatoms. The van der Waals surface area contributed by atoms with Gasteiger partial charge in [-0.25, -0.2) is 4.79 Å². The standard InChI is InChI=1S/C24H35ClN2O6/c1-14(2)33-21(31)17(12-13-18(28)29)26-20(30)19(23(3,4)5)27-22(32)24(6,7)15-8-10-16(25)11-9-15/h8-11,14,17,19H,12-13H2,1-7H3,(H,26,30)(H,27,32)(H,28,29)/t17-,19-/m1/s1. The molecule has 0 fully saturated rings. The SMILES string of the molecule is CC(C)OC(=O)[C@@H](CCC(=O)O)NC(=O)[C@@H](NC(=O)C(C)(C)c1ccc(Cl)cc1)C(C)(C)C. The molecule has 0 aromatic heterocycles. The van der Waals surface area contributed by atoms with Crippen molar-refractivity contribution >= 4 is 35.4 Å². The summed E-state index contributed by atoms with van der Waals surface area (Å²) in [4.78, 5) is 49.8. The van der Waals surface area contributed by atoms with E-state index in [-0.39, 0.29) is 18.7 Å². The van der Waals surface area contributed by atoms with Crippen molar-refractivity contribution in [2.24, 2.45) is 5.41 Å². The van der Waals surface area contributed by atoms with Crippen molar-refractivity contribution in [3.05, 3.63) is 34.9 Å². The highest BCUT2D eigenvalue weighted by Crippen LogP contribution is 2.27. The van der Waals surface area contributed by atoms with Gasteiger partial charge in [0.05, 0.1) is 11.5 Å². The number of benzene rings is 1. The summed E-state index contributed by atoms with van der Waals surface area (Å²) in [6.07, 6.45) is -0.887. The van der Waals surface area contributed by atoms with Crippen LogP contribution in [0.5, 0.6) is 0 Å².